The van der Waals surface area contributed by atoms with Gasteiger partial charge in [-0.15, -0.1) is 0 Å². The van der Waals surface area contributed by atoms with Crippen molar-refractivity contribution in [2.24, 2.45) is 15.9 Å². The molecule has 0 bridgehead atoms. The molecule has 3 atom stereocenters. The number of benzene rings is 2. The van der Waals surface area contributed by atoms with Gasteiger partial charge in [-0.1, -0.05) is 31.7 Å². The van der Waals surface area contributed by atoms with Crippen molar-refractivity contribution in [1.82, 2.24) is 5.32 Å². The molecule has 8 nitrogen and oxygen atoms in total. The highest BCUT2D eigenvalue weighted by atomic mass is 32.2. The molecule has 3 unspecified atom stereocenters. The maximum Gasteiger partial charge on any atom is 0.157 e. The van der Waals surface area contributed by atoms with E-state index in [2.05, 4.69) is 30.2 Å². The lowest BCUT2D eigenvalue weighted by Crippen LogP contribution is -2.38. The average molecular weight is 577 g/mol. The van der Waals surface area contributed by atoms with Gasteiger partial charge < -0.3 is 20.1 Å². The van der Waals surface area contributed by atoms with Crippen molar-refractivity contribution < 1.29 is 18.5 Å². The molecule has 1 saturated heterocycles. The summed E-state index contributed by atoms with van der Waals surface area (Å²) in [7, 11) is 0.384. The lowest BCUT2D eigenvalue weighted by atomic mass is 9.83. The van der Waals surface area contributed by atoms with Gasteiger partial charge in [0.15, 0.2) is 5.78 Å². The first-order valence-electron chi connectivity index (χ1n) is 14.1. The smallest absolute Gasteiger partial charge is 0.157 e. The number of allylic oxidation sites excluding steroid dienone is 2. The van der Waals surface area contributed by atoms with Crippen LogP contribution in [0.15, 0.2) is 82.2 Å². The summed E-state index contributed by atoms with van der Waals surface area (Å²) < 4.78 is 23.6. The van der Waals surface area contributed by atoms with Crippen LogP contribution in [0.5, 0.6) is 5.75 Å². The first-order valence-corrected chi connectivity index (χ1v) is 15.6. The molecule has 0 radical (unpaired) electrons. The average Bonchev–Trinajstić information content (AvgIpc) is 3.38. The predicted molar refractivity (Wildman–Crippen MR) is 168 cm³/mol. The molecule has 2 aromatic carbocycles. The van der Waals surface area contributed by atoms with Crippen LogP contribution in [0.25, 0.3) is 0 Å². The van der Waals surface area contributed by atoms with Crippen LogP contribution >= 0.6 is 0 Å². The molecule has 2 N–H and O–H groups in total. The monoisotopic (exact) mass is 576 g/mol. The molecule has 0 spiro atoms. The topological polar surface area (TPSA) is 101 Å². The van der Waals surface area contributed by atoms with Crippen LogP contribution in [-0.4, -0.2) is 54.8 Å². The van der Waals surface area contributed by atoms with E-state index in [-0.39, 0.29) is 11.7 Å². The number of nitrogens with zero attached hydrogens (tertiary/aromatic N) is 2. The Bertz CT molecular complexity index is 1340. The van der Waals surface area contributed by atoms with Gasteiger partial charge in [-0.05, 0) is 80.3 Å². The molecule has 2 aliphatic heterocycles. The maximum absolute atomic E-state index is 12.8. The number of amidine groups is 2. The van der Waals surface area contributed by atoms with E-state index in [4.69, 9.17) is 19.5 Å². The number of carbonyl (C=O) groups excluding carboxylic acids is 1. The Morgan fingerprint density at radius 1 is 1.27 bits per heavy atom. The summed E-state index contributed by atoms with van der Waals surface area (Å²) in [5, 5.41) is 7.01. The molecular formula is C32H40N4O4S. The lowest BCUT2D eigenvalue weighted by Gasteiger charge is -2.30. The first-order chi connectivity index (χ1) is 19.9. The van der Waals surface area contributed by atoms with E-state index >= 15 is 0 Å². The van der Waals surface area contributed by atoms with Crippen molar-refractivity contribution >= 4 is 39.6 Å². The van der Waals surface area contributed by atoms with Gasteiger partial charge in [-0.3, -0.25) is 9.00 Å². The molecule has 2 heterocycles. The van der Waals surface area contributed by atoms with Crippen molar-refractivity contribution in [1.29, 1.82) is 0 Å². The first kappa shape index (κ1) is 30.6. The molecule has 4 rings (SSSR count). The van der Waals surface area contributed by atoms with Crippen LogP contribution in [0.1, 0.15) is 44.6 Å². The van der Waals surface area contributed by atoms with Crippen molar-refractivity contribution in [3.63, 3.8) is 0 Å². The van der Waals surface area contributed by atoms with Gasteiger partial charge in [0, 0.05) is 31.4 Å². The number of aliphatic imine (C=N–C) groups is 2. The molecule has 218 valence electrons. The Hall–Kier alpha value is -3.40. The summed E-state index contributed by atoms with van der Waals surface area (Å²) in [6, 6.07) is 15.6. The van der Waals surface area contributed by atoms with E-state index in [1.54, 1.807) is 13.4 Å². The number of anilines is 1. The quantitative estimate of drug-likeness (QED) is 0.250. The van der Waals surface area contributed by atoms with Crippen LogP contribution in [-0.2, 0) is 25.9 Å². The van der Waals surface area contributed by atoms with Crippen LogP contribution in [0, 0.1) is 5.92 Å². The van der Waals surface area contributed by atoms with E-state index in [0.717, 1.165) is 48.5 Å². The third kappa shape index (κ3) is 7.87. The summed E-state index contributed by atoms with van der Waals surface area (Å²) in [4.78, 5) is 22.9. The molecule has 2 aliphatic rings. The fourth-order valence-electron chi connectivity index (χ4n) is 5.22. The zero-order valence-electron chi connectivity index (χ0n) is 24.2. The summed E-state index contributed by atoms with van der Waals surface area (Å²) in [5.41, 5.74) is 2.17. The third-order valence-electron chi connectivity index (χ3n) is 7.48. The van der Waals surface area contributed by atoms with Crippen molar-refractivity contribution in [3.05, 3.63) is 77.7 Å². The predicted octanol–water partition coefficient (Wildman–Crippen LogP) is 5.67. The van der Waals surface area contributed by atoms with Gasteiger partial charge in [-0.25, -0.2) is 9.98 Å². The number of rotatable bonds is 12. The second-order valence-corrected chi connectivity index (χ2v) is 11.6. The summed E-state index contributed by atoms with van der Waals surface area (Å²) in [5.74, 6) is 2.04. The molecule has 0 aromatic heterocycles. The summed E-state index contributed by atoms with van der Waals surface area (Å²) in [6.07, 6.45) is 8.83. The van der Waals surface area contributed by atoms with E-state index in [9.17, 15) is 9.00 Å². The second kappa shape index (κ2) is 14.5. The Kier molecular flexibility index (Phi) is 10.8. The summed E-state index contributed by atoms with van der Waals surface area (Å²) >= 11 is 0. The van der Waals surface area contributed by atoms with Crippen molar-refractivity contribution in [2.45, 2.75) is 44.6 Å². The highest BCUT2D eigenvalue weighted by molar-refractivity contribution is 7.89. The zero-order chi connectivity index (χ0) is 29.2. The zero-order valence-corrected chi connectivity index (χ0v) is 25.0. The van der Waals surface area contributed by atoms with Crippen LogP contribution < -0.4 is 15.4 Å². The molecule has 9 heteroatoms. The maximum atomic E-state index is 12.8. The standard InChI is InChI=1S/C32H40N4O4S/c1-5-23-11-16-29(41(4)38)31(36-30(23)34-25-12-14-28(15-13-25)40-20-19-39-3)35-26-10-7-9-24(21-26)32(17-8-18-33-32)22-27(37)6-2/h6-7,9-10,12-16,21,23,33H,2,5,8,11,17-20,22H2,1,3-4H3,(H,34,35,36). The molecule has 0 saturated carbocycles. The van der Waals surface area contributed by atoms with Gasteiger partial charge in [0.25, 0.3) is 0 Å². The molecule has 0 amide bonds. The molecule has 41 heavy (non-hydrogen) atoms. The fourth-order valence-corrected chi connectivity index (χ4v) is 5.92. The number of ether oxygens (including phenoxy) is 2. The normalized spacial score (nSPS) is 22.4. The van der Waals surface area contributed by atoms with Crippen molar-refractivity contribution in [2.75, 3.05) is 38.4 Å². The summed E-state index contributed by atoms with van der Waals surface area (Å²) in [6.45, 7) is 7.63. The highest BCUT2D eigenvalue weighted by Gasteiger charge is 2.37. The Balaban J connectivity index is 1.66. The van der Waals surface area contributed by atoms with Crippen molar-refractivity contribution in [3.8, 4) is 5.75 Å². The van der Waals surface area contributed by atoms with E-state index < -0.39 is 16.3 Å². The van der Waals surface area contributed by atoms with E-state index in [0.29, 0.717) is 42.6 Å². The van der Waals surface area contributed by atoms with Gasteiger partial charge in [-0.2, -0.15) is 0 Å². The number of ketones is 1. The highest BCUT2D eigenvalue weighted by Crippen LogP contribution is 2.36. The van der Waals surface area contributed by atoms with E-state index in [1.807, 2.05) is 48.5 Å². The number of carbonyl (C=O) groups is 1. The minimum Gasteiger partial charge on any atom is -0.491 e. The third-order valence-corrected chi connectivity index (χ3v) is 8.46. The molecule has 0 aliphatic carbocycles. The largest absolute Gasteiger partial charge is 0.491 e. The van der Waals surface area contributed by atoms with Gasteiger partial charge >= 0.3 is 0 Å². The fraction of sp³-hybridized carbons (Fsp3) is 0.406. The number of nitrogens with one attached hydrogen (secondary N) is 2. The van der Waals surface area contributed by atoms with Gasteiger partial charge in [0.05, 0.1) is 33.5 Å². The van der Waals surface area contributed by atoms with Crippen LogP contribution in [0.3, 0.4) is 0 Å². The Labute approximate surface area is 245 Å². The molecular weight excluding hydrogens is 536 g/mol. The lowest BCUT2D eigenvalue weighted by molar-refractivity contribution is -0.116. The number of hydrogen-bond acceptors (Lipinski definition) is 7. The Morgan fingerprint density at radius 2 is 2.07 bits per heavy atom. The number of hydrogen-bond donors (Lipinski definition) is 2. The van der Waals surface area contributed by atoms with Gasteiger partial charge in [0.2, 0.25) is 0 Å². The molecule has 1 fully saturated rings. The SMILES string of the molecule is C=CC(=O)CC1(c2cccc(NC3=NC(=Nc4ccc(OCCOC)cc4)C(CC)CC=C3S(C)=O)c2)CCCN1. The minimum atomic E-state index is -1.26. The van der Waals surface area contributed by atoms with E-state index in [1.165, 1.54) is 6.08 Å². The number of methoxy groups -OCH3 is 1. The second-order valence-electron chi connectivity index (χ2n) is 10.3. The minimum absolute atomic E-state index is 0.0125. The van der Waals surface area contributed by atoms with Crippen LogP contribution in [0.2, 0.25) is 0 Å². The van der Waals surface area contributed by atoms with Gasteiger partial charge in [0.1, 0.15) is 24.0 Å². The Morgan fingerprint density at radius 3 is 2.73 bits per heavy atom. The molecule has 2 aromatic rings. The van der Waals surface area contributed by atoms with Crippen LogP contribution in [0.4, 0.5) is 11.4 Å².